The van der Waals surface area contributed by atoms with Crippen molar-refractivity contribution < 1.29 is 23.9 Å². The van der Waals surface area contributed by atoms with Crippen molar-refractivity contribution in [3.05, 3.63) is 101 Å². The summed E-state index contributed by atoms with van der Waals surface area (Å²) in [6.07, 6.45) is 1.15. The van der Waals surface area contributed by atoms with Crippen LogP contribution in [0.25, 0.3) is 0 Å². The van der Waals surface area contributed by atoms with Gasteiger partial charge in [0, 0.05) is 5.69 Å². The number of nitrogens with zero attached hydrogens (tertiary/aromatic N) is 3. The summed E-state index contributed by atoms with van der Waals surface area (Å²) in [7, 11) is 1.27. The number of carbonyl (C=O) groups is 1. The average Bonchev–Trinajstić information content (AvgIpc) is 2.86. The van der Waals surface area contributed by atoms with Gasteiger partial charge >= 0.3 is 17.5 Å². The van der Waals surface area contributed by atoms with E-state index in [0.29, 0.717) is 22.7 Å². The third-order valence-corrected chi connectivity index (χ3v) is 4.56. The monoisotopic (exact) mass is 458 g/mol. The van der Waals surface area contributed by atoms with E-state index in [9.17, 15) is 14.9 Å². The van der Waals surface area contributed by atoms with Crippen LogP contribution in [-0.4, -0.2) is 28.0 Å². The molecule has 170 valence electrons. The van der Waals surface area contributed by atoms with Crippen molar-refractivity contribution >= 4 is 23.2 Å². The number of aromatic nitrogens is 2. The van der Waals surface area contributed by atoms with Gasteiger partial charge in [-0.1, -0.05) is 18.2 Å². The number of esters is 1. The number of hydrogen-bond acceptors (Lipinski definition) is 9. The molecule has 34 heavy (non-hydrogen) atoms. The number of rotatable bonds is 8. The van der Waals surface area contributed by atoms with Gasteiger partial charge < -0.3 is 19.5 Å². The van der Waals surface area contributed by atoms with Gasteiger partial charge in [0.25, 0.3) is 0 Å². The zero-order valence-corrected chi connectivity index (χ0v) is 17.9. The maximum Gasteiger partial charge on any atom is 0.373 e. The third kappa shape index (κ3) is 5.25. The minimum atomic E-state index is -0.632. The van der Waals surface area contributed by atoms with Crippen LogP contribution in [0.4, 0.5) is 17.2 Å². The molecule has 10 heteroatoms. The Morgan fingerprint density at radius 3 is 2.12 bits per heavy atom. The molecule has 0 fully saturated rings. The number of carbonyl (C=O) groups excluding carboxylic acids is 1. The lowest BCUT2D eigenvalue weighted by Gasteiger charge is -2.10. The van der Waals surface area contributed by atoms with Crippen LogP contribution in [0.5, 0.6) is 23.1 Å². The molecule has 0 atom stereocenters. The molecule has 0 aliphatic carbocycles. The molecule has 0 bridgehead atoms. The van der Waals surface area contributed by atoms with Crippen LogP contribution in [0.3, 0.4) is 0 Å². The molecule has 4 aromatic rings. The summed E-state index contributed by atoms with van der Waals surface area (Å²) in [6, 6.07) is 22.1. The van der Waals surface area contributed by atoms with E-state index in [1.165, 1.54) is 31.4 Å². The summed E-state index contributed by atoms with van der Waals surface area (Å²) < 4.78 is 16.0. The number of para-hydroxylation sites is 1. The van der Waals surface area contributed by atoms with E-state index < -0.39 is 16.6 Å². The predicted molar refractivity (Wildman–Crippen MR) is 123 cm³/mol. The summed E-state index contributed by atoms with van der Waals surface area (Å²) >= 11 is 0. The van der Waals surface area contributed by atoms with E-state index in [0.717, 1.165) is 6.33 Å². The first-order valence-corrected chi connectivity index (χ1v) is 9.99. The lowest BCUT2D eigenvalue weighted by molar-refractivity contribution is -0.385. The second-order valence-electron chi connectivity index (χ2n) is 6.82. The number of anilines is 2. The molecule has 0 spiro atoms. The molecular weight excluding hydrogens is 440 g/mol. The number of nitrogens with one attached hydrogen (secondary N) is 1. The van der Waals surface area contributed by atoms with Gasteiger partial charge in [0.2, 0.25) is 5.82 Å². The van der Waals surface area contributed by atoms with Crippen molar-refractivity contribution in [1.29, 1.82) is 0 Å². The molecule has 10 nitrogen and oxygen atoms in total. The Hall–Kier alpha value is -4.99. The van der Waals surface area contributed by atoms with E-state index >= 15 is 0 Å². The molecule has 0 saturated heterocycles. The maximum absolute atomic E-state index is 11.8. The van der Waals surface area contributed by atoms with E-state index in [4.69, 9.17) is 9.47 Å². The summed E-state index contributed by atoms with van der Waals surface area (Å²) in [5, 5.41) is 14.7. The molecule has 1 heterocycles. The van der Waals surface area contributed by atoms with Crippen molar-refractivity contribution in [3.8, 4) is 23.1 Å². The minimum Gasteiger partial charge on any atom is -0.465 e. The van der Waals surface area contributed by atoms with Gasteiger partial charge in [-0.05, 0) is 60.7 Å². The molecule has 0 aliphatic rings. The van der Waals surface area contributed by atoms with Crippen LogP contribution < -0.4 is 14.8 Å². The highest BCUT2D eigenvalue weighted by molar-refractivity contribution is 5.89. The highest BCUT2D eigenvalue weighted by atomic mass is 16.6. The second-order valence-corrected chi connectivity index (χ2v) is 6.82. The lowest BCUT2D eigenvalue weighted by Crippen LogP contribution is -2.04. The summed E-state index contributed by atoms with van der Waals surface area (Å²) in [5.74, 6) is 0.744. The third-order valence-electron chi connectivity index (χ3n) is 4.56. The predicted octanol–water partition coefficient (Wildman–Crippen LogP) is 5.50. The Morgan fingerprint density at radius 1 is 0.853 bits per heavy atom. The highest BCUT2D eigenvalue weighted by Gasteiger charge is 2.25. The van der Waals surface area contributed by atoms with Gasteiger partial charge in [0.15, 0.2) is 0 Å². The molecule has 0 aliphatic heterocycles. The standard InChI is InChI=1S/C24H18N4O6/c1-32-24(29)16-7-11-20(12-8-16)34-23-21(28(30)31)22(25-15-26-23)27-17-9-13-19(14-10-17)33-18-5-3-2-4-6-18/h2-15H,1H3,(H,25,26,27). The maximum atomic E-state index is 11.8. The van der Waals surface area contributed by atoms with E-state index in [2.05, 4.69) is 20.0 Å². The SMILES string of the molecule is COC(=O)c1ccc(Oc2ncnc(Nc3ccc(Oc4ccccc4)cc3)c2[N+](=O)[O-])cc1. The van der Waals surface area contributed by atoms with Crippen LogP contribution in [0.15, 0.2) is 85.2 Å². The smallest absolute Gasteiger partial charge is 0.373 e. The molecule has 0 saturated carbocycles. The number of nitro groups is 1. The molecule has 0 radical (unpaired) electrons. The summed E-state index contributed by atoms with van der Waals surface area (Å²) in [5.41, 5.74) is 0.425. The molecular formula is C24H18N4O6. The molecule has 3 aromatic carbocycles. The van der Waals surface area contributed by atoms with E-state index in [1.54, 1.807) is 24.3 Å². The molecule has 1 N–H and O–H groups in total. The quantitative estimate of drug-likeness (QED) is 0.207. The van der Waals surface area contributed by atoms with Crippen LogP contribution >= 0.6 is 0 Å². The van der Waals surface area contributed by atoms with Crippen molar-refractivity contribution in [1.82, 2.24) is 9.97 Å². The van der Waals surface area contributed by atoms with Crippen LogP contribution in [0.1, 0.15) is 10.4 Å². The first-order chi connectivity index (χ1) is 16.5. The van der Waals surface area contributed by atoms with Gasteiger partial charge in [-0.15, -0.1) is 0 Å². The van der Waals surface area contributed by atoms with Crippen molar-refractivity contribution in [2.24, 2.45) is 0 Å². The Balaban J connectivity index is 1.53. The lowest BCUT2D eigenvalue weighted by atomic mass is 10.2. The second kappa shape index (κ2) is 10.1. The highest BCUT2D eigenvalue weighted by Crippen LogP contribution is 2.36. The molecule has 0 amide bonds. The van der Waals surface area contributed by atoms with E-state index in [-0.39, 0.29) is 17.4 Å². The number of hydrogen-bond donors (Lipinski definition) is 1. The number of ether oxygens (including phenoxy) is 3. The zero-order chi connectivity index (χ0) is 23.9. The van der Waals surface area contributed by atoms with Gasteiger partial charge in [-0.3, -0.25) is 10.1 Å². The van der Waals surface area contributed by atoms with Gasteiger partial charge in [0.05, 0.1) is 17.6 Å². The summed E-state index contributed by atoms with van der Waals surface area (Å²) in [4.78, 5) is 30.6. The molecule has 0 unspecified atom stereocenters. The van der Waals surface area contributed by atoms with Gasteiger partial charge in [0.1, 0.15) is 23.6 Å². The van der Waals surface area contributed by atoms with Gasteiger partial charge in [-0.25, -0.2) is 9.78 Å². The van der Waals surface area contributed by atoms with Crippen LogP contribution in [-0.2, 0) is 4.74 Å². The first-order valence-electron chi connectivity index (χ1n) is 9.99. The summed E-state index contributed by atoms with van der Waals surface area (Å²) in [6.45, 7) is 0. The van der Waals surface area contributed by atoms with Crippen molar-refractivity contribution in [2.75, 3.05) is 12.4 Å². The van der Waals surface area contributed by atoms with Crippen LogP contribution in [0, 0.1) is 10.1 Å². The normalized spacial score (nSPS) is 10.3. The van der Waals surface area contributed by atoms with Gasteiger partial charge in [-0.2, -0.15) is 4.98 Å². The Morgan fingerprint density at radius 2 is 1.47 bits per heavy atom. The van der Waals surface area contributed by atoms with Crippen molar-refractivity contribution in [2.45, 2.75) is 0 Å². The van der Waals surface area contributed by atoms with E-state index in [1.807, 2.05) is 30.3 Å². The largest absolute Gasteiger partial charge is 0.465 e. The first kappa shape index (κ1) is 22.2. The number of methoxy groups -OCH3 is 1. The Bertz CT molecular complexity index is 1300. The molecule has 4 rings (SSSR count). The Labute approximate surface area is 193 Å². The number of benzene rings is 3. The average molecular weight is 458 g/mol. The topological polar surface area (TPSA) is 126 Å². The van der Waals surface area contributed by atoms with Crippen LogP contribution in [0.2, 0.25) is 0 Å². The fraction of sp³-hybridized carbons (Fsp3) is 0.0417. The van der Waals surface area contributed by atoms with Crippen molar-refractivity contribution in [3.63, 3.8) is 0 Å². The zero-order valence-electron chi connectivity index (χ0n) is 17.9. The fourth-order valence-electron chi connectivity index (χ4n) is 2.95. The Kier molecular flexibility index (Phi) is 6.59. The molecule has 1 aromatic heterocycles. The fourth-order valence-corrected chi connectivity index (χ4v) is 2.95. The minimum absolute atomic E-state index is 0.0436.